The van der Waals surface area contributed by atoms with Crippen LogP contribution in [0.2, 0.25) is 0 Å². The van der Waals surface area contributed by atoms with E-state index in [9.17, 15) is 4.79 Å². The maximum Gasteiger partial charge on any atom is 0.327 e. The van der Waals surface area contributed by atoms with Gasteiger partial charge in [0.1, 0.15) is 6.54 Å². The third-order valence-corrected chi connectivity index (χ3v) is 3.67. The Bertz CT molecular complexity index is 822. The Morgan fingerprint density at radius 1 is 1.04 bits per heavy atom. The zero-order chi connectivity index (χ0) is 16.2. The summed E-state index contributed by atoms with van der Waals surface area (Å²) in [5.74, 6) is -0.318. The normalized spacial score (nSPS) is 10.5. The van der Waals surface area contributed by atoms with Crippen LogP contribution in [0, 0.1) is 6.92 Å². The van der Waals surface area contributed by atoms with Crippen molar-refractivity contribution in [3.05, 3.63) is 66.2 Å². The average Bonchev–Trinajstić information content (AvgIpc) is 2.99. The molecule has 0 radical (unpaired) electrons. The highest BCUT2D eigenvalue weighted by atomic mass is 16.5. The Balaban J connectivity index is 2.09. The number of nitrogens with zero attached hydrogens (tertiary/aromatic N) is 2. The molecule has 0 unspecified atom stereocenters. The van der Waals surface area contributed by atoms with Gasteiger partial charge in [-0.2, -0.15) is 5.10 Å². The highest BCUT2D eigenvalue weighted by molar-refractivity contribution is 5.73. The van der Waals surface area contributed by atoms with E-state index in [1.807, 2.05) is 61.5 Å². The van der Waals surface area contributed by atoms with Crippen molar-refractivity contribution in [3.63, 3.8) is 0 Å². The fourth-order valence-corrected chi connectivity index (χ4v) is 2.51. The number of esters is 1. The molecule has 0 aliphatic carbocycles. The second-order valence-electron chi connectivity index (χ2n) is 5.38. The lowest BCUT2D eigenvalue weighted by molar-refractivity contribution is -0.141. The standard InChI is InChI=1S/C19H18N2O2/c1-14-7-6-10-16(11-14)18-12-17(15-8-4-3-5-9-15)20-21(18)13-19(22)23-2/h3-12H,13H2,1-2H3. The van der Waals surface area contributed by atoms with Gasteiger partial charge in [-0.15, -0.1) is 0 Å². The van der Waals surface area contributed by atoms with Crippen molar-refractivity contribution in [2.45, 2.75) is 13.5 Å². The van der Waals surface area contributed by atoms with Gasteiger partial charge in [0.05, 0.1) is 18.5 Å². The Morgan fingerprint density at radius 3 is 2.48 bits per heavy atom. The fraction of sp³-hybridized carbons (Fsp3) is 0.158. The Hall–Kier alpha value is -2.88. The Morgan fingerprint density at radius 2 is 1.78 bits per heavy atom. The summed E-state index contributed by atoms with van der Waals surface area (Å²) in [6.45, 7) is 2.13. The molecule has 1 heterocycles. The molecule has 1 aromatic heterocycles. The Kier molecular flexibility index (Phi) is 4.24. The lowest BCUT2D eigenvalue weighted by Crippen LogP contribution is -2.13. The van der Waals surface area contributed by atoms with Crippen molar-refractivity contribution in [1.29, 1.82) is 0 Å². The summed E-state index contributed by atoms with van der Waals surface area (Å²) < 4.78 is 6.48. The number of hydrogen-bond acceptors (Lipinski definition) is 3. The lowest BCUT2D eigenvalue weighted by atomic mass is 10.1. The van der Waals surface area contributed by atoms with E-state index in [1.165, 1.54) is 7.11 Å². The van der Waals surface area contributed by atoms with E-state index in [2.05, 4.69) is 11.2 Å². The first-order valence-electron chi connectivity index (χ1n) is 7.44. The highest BCUT2D eigenvalue weighted by Crippen LogP contribution is 2.26. The third-order valence-electron chi connectivity index (χ3n) is 3.67. The smallest absolute Gasteiger partial charge is 0.327 e. The monoisotopic (exact) mass is 306 g/mol. The molecule has 116 valence electrons. The highest BCUT2D eigenvalue weighted by Gasteiger charge is 2.14. The lowest BCUT2D eigenvalue weighted by Gasteiger charge is -2.06. The molecule has 3 aromatic rings. The zero-order valence-electron chi connectivity index (χ0n) is 13.2. The van der Waals surface area contributed by atoms with Crippen molar-refractivity contribution < 1.29 is 9.53 Å². The number of benzene rings is 2. The summed E-state index contributed by atoms with van der Waals surface area (Å²) in [5, 5.41) is 4.59. The second kappa shape index (κ2) is 6.48. The van der Waals surface area contributed by atoms with Gasteiger partial charge in [0, 0.05) is 11.1 Å². The number of methoxy groups -OCH3 is 1. The summed E-state index contributed by atoms with van der Waals surface area (Å²) in [4.78, 5) is 11.7. The van der Waals surface area contributed by atoms with Crippen LogP contribution in [0.15, 0.2) is 60.7 Å². The molecule has 0 saturated carbocycles. The topological polar surface area (TPSA) is 44.1 Å². The second-order valence-corrected chi connectivity index (χ2v) is 5.38. The van der Waals surface area contributed by atoms with E-state index in [-0.39, 0.29) is 12.5 Å². The van der Waals surface area contributed by atoms with Gasteiger partial charge in [-0.25, -0.2) is 0 Å². The van der Waals surface area contributed by atoms with Crippen LogP contribution < -0.4 is 0 Å². The maximum atomic E-state index is 11.7. The van der Waals surface area contributed by atoms with Gasteiger partial charge < -0.3 is 4.74 Å². The number of carbonyl (C=O) groups excluding carboxylic acids is 1. The fourth-order valence-electron chi connectivity index (χ4n) is 2.51. The van der Waals surface area contributed by atoms with Crippen molar-refractivity contribution in [1.82, 2.24) is 9.78 Å². The SMILES string of the molecule is COC(=O)Cn1nc(-c2ccccc2)cc1-c1cccc(C)c1. The first kappa shape index (κ1) is 15.0. The molecular formula is C19H18N2O2. The van der Waals surface area contributed by atoms with Gasteiger partial charge in [0.2, 0.25) is 0 Å². The molecule has 0 N–H and O–H groups in total. The van der Waals surface area contributed by atoms with Crippen LogP contribution in [-0.4, -0.2) is 22.9 Å². The van der Waals surface area contributed by atoms with Crippen LogP contribution in [0.5, 0.6) is 0 Å². The minimum absolute atomic E-state index is 0.0899. The van der Waals surface area contributed by atoms with Crippen LogP contribution in [0.4, 0.5) is 0 Å². The van der Waals surface area contributed by atoms with E-state index < -0.39 is 0 Å². The first-order chi connectivity index (χ1) is 11.2. The van der Waals surface area contributed by atoms with Crippen molar-refractivity contribution in [2.75, 3.05) is 7.11 Å². The van der Waals surface area contributed by atoms with Gasteiger partial charge in [-0.05, 0) is 19.1 Å². The number of hydrogen-bond donors (Lipinski definition) is 0. The number of aromatic nitrogens is 2. The molecule has 0 spiro atoms. The molecule has 0 saturated heterocycles. The van der Waals surface area contributed by atoms with E-state index >= 15 is 0 Å². The molecule has 0 aliphatic rings. The summed E-state index contributed by atoms with van der Waals surface area (Å²) >= 11 is 0. The van der Waals surface area contributed by atoms with Gasteiger partial charge in [0.15, 0.2) is 0 Å². The number of rotatable bonds is 4. The van der Waals surface area contributed by atoms with Gasteiger partial charge in [-0.3, -0.25) is 9.48 Å². The van der Waals surface area contributed by atoms with E-state index in [4.69, 9.17) is 4.74 Å². The predicted octanol–water partition coefficient (Wildman–Crippen LogP) is 3.70. The molecule has 0 atom stereocenters. The number of carbonyl (C=O) groups is 1. The largest absolute Gasteiger partial charge is 0.468 e. The van der Waals surface area contributed by atoms with Crippen LogP contribution in [0.3, 0.4) is 0 Å². The molecule has 3 rings (SSSR count). The molecule has 4 heteroatoms. The van der Waals surface area contributed by atoms with Gasteiger partial charge in [0.25, 0.3) is 0 Å². The van der Waals surface area contributed by atoms with Crippen LogP contribution in [0.1, 0.15) is 5.56 Å². The first-order valence-corrected chi connectivity index (χ1v) is 7.44. The summed E-state index contributed by atoms with van der Waals surface area (Å²) in [5.41, 5.74) is 4.95. The minimum atomic E-state index is -0.318. The predicted molar refractivity (Wildman–Crippen MR) is 89.9 cm³/mol. The molecule has 0 amide bonds. The van der Waals surface area contributed by atoms with Crippen LogP contribution >= 0.6 is 0 Å². The quantitative estimate of drug-likeness (QED) is 0.690. The summed E-state index contributed by atoms with van der Waals surface area (Å²) in [6, 6.07) is 20.1. The molecule has 0 bridgehead atoms. The average molecular weight is 306 g/mol. The molecule has 2 aromatic carbocycles. The van der Waals surface area contributed by atoms with Crippen molar-refractivity contribution in [2.24, 2.45) is 0 Å². The van der Waals surface area contributed by atoms with Crippen molar-refractivity contribution in [3.8, 4) is 22.5 Å². The van der Waals surface area contributed by atoms with Crippen molar-refractivity contribution >= 4 is 5.97 Å². The summed E-state index contributed by atoms with van der Waals surface area (Å²) in [7, 11) is 1.39. The van der Waals surface area contributed by atoms with E-state index in [0.717, 1.165) is 28.1 Å². The molecule has 0 fully saturated rings. The van der Waals surface area contributed by atoms with Crippen LogP contribution in [-0.2, 0) is 16.1 Å². The molecule has 23 heavy (non-hydrogen) atoms. The molecular weight excluding hydrogens is 288 g/mol. The minimum Gasteiger partial charge on any atom is -0.468 e. The number of ether oxygens (including phenoxy) is 1. The summed E-state index contributed by atoms with van der Waals surface area (Å²) in [6.07, 6.45) is 0. The third kappa shape index (κ3) is 3.31. The maximum absolute atomic E-state index is 11.7. The van der Waals surface area contributed by atoms with Gasteiger partial charge in [-0.1, -0.05) is 54.1 Å². The zero-order valence-corrected chi connectivity index (χ0v) is 13.2. The number of aryl methyl sites for hydroxylation is 1. The van der Waals surface area contributed by atoms with E-state index in [0.29, 0.717) is 0 Å². The van der Waals surface area contributed by atoms with E-state index in [1.54, 1.807) is 4.68 Å². The molecule has 0 aliphatic heterocycles. The Labute approximate surface area is 135 Å². The van der Waals surface area contributed by atoms with Crippen LogP contribution in [0.25, 0.3) is 22.5 Å². The van der Waals surface area contributed by atoms with Gasteiger partial charge >= 0.3 is 5.97 Å². The molecule has 4 nitrogen and oxygen atoms in total.